The molecule has 0 unspecified atom stereocenters. The van der Waals surface area contributed by atoms with Gasteiger partial charge in [0, 0.05) is 38.5 Å². The van der Waals surface area contributed by atoms with Crippen LogP contribution in [0.25, 0.3) is 0 Å². The van der Waals surface area contributed by atoms with E-state index in [2.05, 4.69) is 4.98 Å². The zero-order chi connectivity index (χ0) is 13.9. The summed E-state index contributed by atoms with van der Waals surface area (Å²) < 4.78 is 11.2. The van der Waals surface area contributed by atoms with Crippen molar-refractivity contribution in [3.05, 3.63) is 17.3 Å². The van der Waals surface area contributed by atoms with Gasteiger partial charge >= 0.3 is 0 Å². The van der Waals surface area contributed by atoms with Crippen LogP contribution >= 0.6 is 0 Å². The van der Waals surface area contributed by atoms with Gasteiger partial charge in [-0.25, -0.2) is 4.98 Å². The highest BCUT2D eigenvalue weighted by Crippen LogP contribution is 2.30. The van der Waals surface area contributed by atoms with E-state index in [4.69, 9.17) is 14.3 Å². The molecule has 1 amide bonds. The summed E-state index contributed by atoms with van der Waals surface area (Å²) in [6, 6.07) is 0. The number of carbonyl (C=O) groups is 1. The highest BCUT2D eigenvalue weighted by atomic mass is 16.5. The number of oxazole rings is 1. The molecule has 1 aromatic rings. The Hall–Kier alpha value is -1.40. The molecule has 0 saturated carbocycles. The molecule has 6 nitrogen and oxygen atoms in total. The second kappa shape index (κ2) is 5.93. The van der Waals surface area contributed by atoms with Crippen LogP contribution in [0.2, 0.25) is 0 Å². The predicted molar refractivity (Wildman–Crippen MR) is 70.1 cm³/mol. The van der Waals surface area contributed by atoms with Gasteiger partial charge in [0.05, 0.1) is 13.2 Å². The van der Waals surface area contributed by atoms with Crippen LogP contribution in [0.15, 0.2) is 4.42 Å². The second-order valence-corrected chi connectivity index (χ2v) is 5.35. The van der Waals surface area contributed by atoms with Gasteiger partial charge in [0.25, 0.3) is 0 Å². The Morgan fingerprint density at radius 2 is 2.20 bits per heavy atom. The van der Waals surface area contributed by atoms with E-state index in [9.17, 15) is 4.79 Å². The maximum absolute atomic E-state index is 11.8. The summed E-state index contributed by atoms with van der Waals surface area (Å²) >= 11 is 0. The summed E-state index contributed by atoms with van der Waals surface area (Å²) in [5, 5.41) is 8.84. The lowest BCUT2D eigenvalue weighted by molar-refractivity contribution is -0.132. The van der Waals surface area contributed by atoms with Gasteiger partial charge in [0.1, 0.15) is 11.5 Å². The Bertz CT molecular complexity index is 480. The van der Waals surface area contributed by atoms with E-state index in [-0.39, 0.29) is 18.9 Å². The van der Waals surface area contributed by atoms with E-state index in [1.807, 2.05) is 0 Å². The first-order chi connectivity index (χ1) is 9.78. The molecule has 0 atom stereocenters. The smallest absolute Gasteiger partial charge is 0.225 e. The quantitative estimate of drug-likeness (QED) is 0.887. The summed E-state index contributed by atoms with van der Waals surface area (Å²) in [5.74, 6) is 2.04. The van der Waals surface area contributed by atoms with Crippen molar-refractivity contribution in [1.82, 2.24) is 9.88 Å². The summed E-state index contributed by atoms with van der Waals surface area (Å²) in [4.78, 5) is 18.1. The van der Waals surface area contributed by atoms with Gasteiger partial charge in [0.2, 0.25) is 5.91 Å². The van der Waals surface area contributed by atoms with Crippen LogP contribution in [0.4, 0.5) is 0 Å². The highest BCUT2D eigenvalue weighted by Gasteiger charge is 2.28. The number of aliphatic hydroxyl groups excluding tert-OH is 1. The van der Waals surface area contributed by atoms with Gasteiger partial charge in [0.15, 0.2) is 5.89 Å². The number of carbonyl (C=O) groups excluding carboxylic acids is 1. The standard InChI is InChI=1S/C14H20N2O4/c17-6-2-13(18)16-5-1-12-11(9-16)15-14(20-12)10-3-7-19-8-4-10/h10,17H,1-9H2. The third kappa shape index (κ3) is 2.71. The molecular weight excluding hydrogens is 260 g/mol. The van der Waals surface area contributed by atoms with Crippen molar-refractivity contribution in [3.63, 3.8) is 0 Å². The van der Waals surface area contributed by atoms with Crippen LogP contribution in [0.3, 0.4) is 0 Å². The van der Waals surface area contributed by atoms with Gasteiger partial charge in [-0.05, 0) is 12.8 Å². The van der Waals surface area contributed by atoms with E-state index in [1.165, 1.54) is 0 Å². The zero-order valence-electron chi connectivity index (χ0n) is 11.5. The molecule has 1 N–H and O–H groups in total. The first kappa shape index (κ1) is 13.6. The average Bonchev–Trinajstić information content (AvgIpc) is 2.91. The van der Waals surface area contributed by atoms with Gasteiger partial charge in [-0.2, -0.15) is 0 Å². The second-order valence-electron chi connectivity index (χ2n) is 5.35. The lowest BCUT2D eigenvalue weighted by atomic mass is 10.0. The van der Waals surface area contributed by atoms with Crippen molar-refractivity contribution in [2.45, 2.75) is 38.1 Å². The minimum atomic E-state index is -0.103. The normalized spacial score (nSPS) is 19.9. The number of nitrogens with zero attached hydrogens (tertiary/aromatic N) is 2. The number of aromatic nitrogens is 1. The molecular formula is C14H20N2O4. The molecule has 3 rings (SSSR count). The van der Waals surface area contributed by atoms with Crippen molar-refractivity contribution < 1.29 is 19.1 Å². The summed E-state index contributed by atoms with van der Waals surface area (Å²) in [6.07, 6.45) is 2.79. The van der Waals surface area contributed by atoms with Crippen LogP contribution in [-0.4, -0.2) is 47.3 Å². The molecule has 2 aliphatic rings. The predicted octanol–water partition coefficient (Wildman–Crippen LogP) is 0.836. The van der Waals surface area contributed by atoms with E-state index in [1.54, 1.807) is 4.90 Å². The maximum atomic E-state index is 11.8. The van der Waals surface area contributed by atoms with Gasteiger partial charge in [-0.1, -0.05) is 0 Å². The minimum absolute atomic E-state index is 0.0197. The number of aliphatic hydroxyl groups is 1. The third-order valence-corrected chi connectivity index (χ3v) is 3.99. The topological polar surface area (TPSA) is 75.8 Å². The number of hydrogen-bond acceptors (Lipinski definition) is 5. The number of fused-ring (bicyclic) bond motifs is 1. The fraction of sp³-hybridized carbons (Fsp3) is 0.714. The number of rotatable bonds is 3. The number of ether oxygens (including phenoxy) is 1. The van der Waals surface area contributed by atoms with Crippen LogP contribution in [0.5, 0.6) is 0 Å². The van der Waals surface area contributed by atoms with Crippen molar-refractivity contribution >= 4 is 5.91 Å². The Morgan fingerprint density at radius 3 is 2.95 bits per heavy atom. The summed E-state index contributed by atoms with van der Waals surface area (Å²) in [6.45, 7) is 2.57. The Kier molecular flexibility index (Phi) is 4.03. The largest absolute Gasteiger partial charge is 0.445 e. The first-order valence-electron chi connectivity index (χ1n) is 7.23. The van der Waals surface area contributed by atoms with Gasteiger partial charge in [-0.3, -0.25) is 4.79 Å². The molecule has 0 aliphatic carbocycles. The molecule has 1 aromatic heterocycles. The fourth-order valence-corrected chi connectivity index (χ4v) is 2.80. The third-order valence-electron chi connectivity index (χ3n) is 3.99. The van der Waals surface area contributed by atoms with Gasteiger partial charge < -0.3 is 19.2 Å². The van der Waals surface area contributed by atoms with Crippen LogP contribution in [-0.2, 0) is 22.5 Å². The van der Waals surface area contributed by atoms with Crippen molar-refractivity contribution in [2.75, 3.05) is 26.4 Å². The summed E-state index contributed by atoms with van der Waals surface area (Å²) in [5.41, 5.74) is 0.879. The Labute approximate surface area is 117 Å². The molecule has 0 aromatic carbocycles. The molecule has 110 valence electrons. The Morgan fingerprint density at radius 1 is 1.40 bits per heavy atom. The molecule has 1 fully saturated rings. The van der Waals surface area contributed by atoms with Crippen molar-refractivity contribution in [3.8, 4) is 0 Å². The molecule has 0 spiro atoms. The monoisotopic (exact) mass is 280 g/mol. The average molecular weight is 280 g/mol. The van der Waals surface area contributed by atoms with E-state index in [0.717, 1.165) is 43.4 Å². The van der Waals surface area contributed by atoms with Crippen molar-refractivity contribution in [2.24, 2.45) is 0 Å². The van der Waals surface area contributed by atoms with Crippen LogP contribution < -0.4 is 0 Å². The zero-order valence-corrected chi connectivity index (χ0v) is 11.5. The van der Waals surface area contributed by atoms with Crippen LogP contribution in [0, 0.1) is 0 Å². The number of hydrogen-bond donors (Lipinski definition) is 1. The fourth-order valence-electron chi connectivity index (χ4n) is 2.80. The lowest BCUT2D eigenvalue weighted by Gasteiger charge is -2.25. The molecule has 6 heteroatoms. The molecule has 0 bridgehead atoms. The molecule has 20 heavy (non-hydrogen) atoms. The molecule has 1 saturated heterocycles. The van der Waals surface area contributed by atoms with Crippen LogP contribution in [0.1, 0.15) is 42.5 Å². The van der Waals surface area contributed by atoms with Crippen molar-refractivity contribution in [1.29, 1.82) is 0 Å². The number of amides is 1. The molecule has 3 heterocycles. The molecule has 0 radical (unpaired) electrons. The maximum Gasteiger partial charge on any atom is 0.225 e. The highest BCUT2D eigenvalue weighted by molar-refractivity contribution is 5.76. The van der Waals surface area contributed by atoms with E-state index < -0.39 is 0 Å². The lowest BCUT2D eigenvalue weighted by Crippen LogP contribution is -2.36. The minimum Gasteiger partial charge on any atom is -0.445 e. The SMILES string of the molecule is O=C(CCO)N1CCc2oc(C3CCOCC3)nc2C1. The molecule has 2 aliphatic heterocycles. The van der Waals surface area contributed by atoms with E-state index >= 15 is 0 Å². The first-order valence-corrected chi connectivity index (χ1v) is 7.23. The van der Waals surface area contributed by atoms with Gasteiger partial charge in [-0.15, -0.1) is 0 Å². The summed E-state index contributed by atoms with van der Waals surface area (Å²) in [7, 11) is 0. The van der Waals surface area contributed by atoms with E-state index in [0.29, 0.717) is 25.4 Å². The Balaban J connectivity index is 1.70.